The third kappa shape index (κ3) is 3.90. The van der Waals surface area contributed by atoms with Crippen molar-refractivity contribution in [1.29, 1.82) is 0 Å². The van der Waals surface area contributed by atoms with Crippen LogP contribution in [0.1, 0.15) is 36.9 Å². The quantitative estimate of drug-likeness (QED) is 0.462. The summed E-state index contributed by atoms with van der Waals surface area (Å²) in [5.41, 5.74) is 2.19. The van der Waals surface area contributed by atoms with Crippen molar-refractivity contribution in [3.8, 4) is 11.1 Å². The van der Waals surface area contributed by atoms with Crippen LogP contribution in [0.3, 0.4) is 0 Å². The van der Waals surface area contributed by atoms with Gasteiger partial charge in [0.25, 0.3) is 0 Å². The number of anilines is 1. The maximum atomic E-state index is 14.6. The Morgan fingerprint density at radius 2 is 2.00 bits per heavy atom. The average Bonchev–Trinajstić information content (AvgIpc) is 3.58. The molecule has 0 saturated carbocycles. The molecule has 6 rings (SSSR count). The first-order valence-electron chi connectivity index (χ1n) is 11.5. The molecule has 2 saturated heterocycles. The molecule has 2 N–H and O–H groups in total. The Morgan fingerprint density at radius 3 is 2.86 bits per heavy atom. The number of pyridine rings is 1. The molecule has 3 atom stereocenters. The van der Waals surface area contributed by atoms with Crippen LogP contribution in [0.4, 0.5) is 19.0 Å². The zero-order valence-electron chi connectivity index (χ0n) is 18.6. The summed E-state index contributed by atoms with van der Waals surface area (Å²) in [5, 5.41) is 15.1. The van der Waals surface area contributed by atoms with Crippen LogP contribution in [0.2, 0.25) is 0 Å². The molecule has 180 valence electrons. The summed E-state index contributed by atoms with van der Waals surface area (Å²) in [6.45, 7) is 0.621. The molecule has 0 aliphatic carbocycles. The van der Waals surface area contributed by atoms with E-state index < -0.39 is 23.8 Å². The molecular weight excluding hydrogens is 459 g/mol. The lowest BCUT2D eigenvalue weighted by Gasteiger charge is -2.25. The summed E-state index contributed by atoms with van der Waals surface area (Å²) in [6.07, 6.45) is 5.28. The van der Waals surface area contributed by atoms with Gasteiger partial charge in [0.2, 0.25) is 5.91 Å². The lowest BCUT2D eigenvalue weighted by molar-refractivity contribution is -0.123. The van der Waals surface area contributed by atoms with E-state index in [4.69, 9.17) is 0 Å². The first-order valence-corrected chi connectivity index (χ1v) is 11.5. The molecule has 1 amide bonds. The van der Waals surface area contributed by atoms with Crippen LogP contribution in [-0.2, 0) is 4.79 Å². The van der Waals surface area contributed by atoms with E-state index in [-0.39, 0.29) is 30.5 Å². The fourth-order valence-electron chi connectivity index (χ4n) is 5.03. The number of aromatic amines is 1. The molecule has 1 unspecified atom stereocenters. The number of rotatable bonds is 4. The molecular formula is C24H22F3N7O. The van der Waals surface area contributed by atoms with E-state index in [2.05, 4.69) is 25.6 Å². The second kappa shape index (κ2) is 8.40. The summed E-state index contributed by atoms with van der Waals surface area (Å²) in [6, 6.07) is 4.39. The highest BCUT2D eigenvalue weighted by molar-refractivity contribution is 5.91. The van der Waals surface area contributed by atoms with E-state index in [0.29, 0.717) is 29.8 Å². The number of nitrogens with one attached hydrogen (secondary N) is 2. The number of halogens is 3. The second-order valence-electron chi connectivity index (χ2n) is 9.04. The predicted molar refractivity (Wildman–Crippen MR) is 122 cm³/mol. The van der Waals surface area contributed by atoms with Gasteiger partial charge in [-0.3, -0.25) is 14.6 Å². The summed E-state index contributed by atoms with van der Waals surface area (Å²) in [7, 11) is 0. The van der Waals surface area contributed by atoms with E-state index in [0.717, 1.165) is 35.7 Å². The van der Waals surface area contributed by atoms with Crippen molar-refractivity contribution in [2.24, 2.45) is 0 Å². The van der Waals surface area contributed by atoms with Gasteiger partial charge in [0, 0.05) is 48.5 Å². The van der Waals surface area contributed by atoms with Crippen LogP contribution in [0, 0.1) is 11.6 Å². The molecule has 0 bridgehead atoms. The lowest BCUT2D eigenvalue weighted by atomic mass is 10.0. The highest BCUT2D eigenvalue weighted by atomic mass is 19.1. The van der Waals surface area contributed by atoms with Gasteiger partial charge < -0.3 is 10.2 Å². The van der Waals surface area contributed by atoms with Crippen LogP contribution in [0.15, 0.2) is 42.9 Å². The lowest BCUT2D eigenvalue weighted by Crippen LogP contribution is -2.34. The summed E-state index contributed by atoms with van der Waals surface area (Å²) < 4.78 is 44.8. The topological polar surface area (TPSA) is 91.7 Å². The number of fused-ring (bicyclic) bond motifs is 1. The first-order chi connectivity index (χ1) is 17.0. The smallest absolute Gasteiger partial charge is 0.222 e. The van der Waals surface area contributed by atoms with Crippen molar-refractivity contribution in [3.63, 3.8) is 0 Å². The number of aromatic nitrogens is 5. The number of piperidine rings is 1. The molecule has 0 spiro atoms. The number of nitrogens with zero attached hydrogens (tertiary/aromatic N) is 5. The SMILES string of the molecule is O=C1CC(n2cc(-c3cnc4[nH]nc(N5C[C@@H](F)C[C@@H]5c5cc(F)ccc5F)c4c3)cn2)CCN1. The number of amides is 1. The van der Waals surface area contributed by atoms with Gasteiger partial charge in [0.1, 0.15) is 17.8 Å². The second-order valence-corrected chi connectivity index (χ2v) is 9.04. The molecule has 0 radical (unpaired) electrons. The molecule has 1 aromatic carbocycles. The fourth-order valence-corrected chi connectivity index (χ4v) is 5.03. The van der Waals surface area contributed by atoms with Crippen LogP contribution in [0.25, 0.3) is 22.2 Å². The molecule has 2 aliphatic heterocycles. The Bertz CT molecular complexity index is 1420. The number of hydrogen-bond acceptors (Lipinski definition) is 5. The predicted octanol–water partition coefficient (Wildman–Crippen LogP) is 3.84. The number of H-pyrrole nitrogens is 1. The Balaban J connectivity index is 1.35. The van der Waals surface area contributed by atoms with Crippen molar-refractivity contribution in [1.82, 2.24) is 30.3 Å². The van der Waals surface area contributed by atoms with Gasteiger partial charge in [-0.25, -0.2) is 18.2 Å². The number of carbonyl (C=O) groups is 1. The van der Waals surface area contributed by atoms with Gasteiger partial charge in [-0.1, -0.05) is 0 Å². The minimum absolute atomic E-state index is 0.00509. The normalized spacial score (nSPS) is 22.7. The summed E-state index contributed by atoms with van der Waals surface area (Å²) in [4.78, 5) is 17.9. The van der Waals surface area contributed by atoms with Crippen molar-refractivity contribution in [3.05, 3.63) is 60.1 Å². The largest absolute Gasteiger partial charge is 0.356 e. The maximum absolute atomic E-state index is 14.6. The number of alkyl halides is 1. The van der Waals surface area contributed by atoms with Gasteiger partial charge in [-0.05, 0) is 30.7 Å². The van der Waals surface area contributed by atoms with Crippen molar-refractivity contribution in [2.45, 2.75) is 37.5 Å². The molecule has 4 aromatic rings. The van der Waals surface area contributed by atoms with Gasteiger partial charge >= 0.3 is 0 Å². The number of hydrogen-bond donors (Lipinski definition) is 2. The van der Waals surface area contributed by atoms with Crippen LogP contribution >= 0.6 is 0 Å². The van der Waals surface area contributed by atoms with E-state index in [1.54, 1.807) is 22.0 Å². The van der Waals surface area contributed by atoms with Crippen molar-refractivity contribution < 1.29 is 18.0 Å². The minimum atomic E-state index is -1.21. The van der Waals surface area contributed by atoms with Crippen LogP contribution in [-0.4, -0.2) is 50.1 Å². The van der Waals surface area contributed by atoms with Crippen LogP contribution in [0.5, 0.6) is 0 Å². The molecule has 11 heteroatoms. The third-order valence-corrected chi connectivity index (χ3v) is 6.77. The van der Waals surface area contributed by atoms with Gasteiger partial charge in [0.05, 0.1) is 30.2 Å². The molecule has 2 aliphatic rings. The van der Waals surface area contributed by atoms with Crippen molar-refractivity contribution in [2.75, 3.05) is 18.0 Å². The van der Waals surface area contributed by atoms with Gasteiger partial charge in [0.15, 0.2) is 11.5 Å². The van der Waals surface area contributed by atoms with E-state index in [9.17, 15) is 18.0 Å². The van der Waals surface area contributed by atoms with Crippen molar-refractivity contribution >= 4 is 22.8 Å². The average molecular weight is 481 g/mol. The zero-order valence-corrected chi connectivity index (χ0v) is 18.6. The Kier molecular flexibility index (Phi) is 5.19. The summed E-state index contributed by atoms with van der Waals surface area (Å²) >= 11 is 0. The third-order valence-electron chi connectivity index (χ3n) is 6.77. The molecule has 8 nitrogen and oxygen atoms in total. The molecule has 5 heterocycles. The fraction of sp³-hybridized carbons (Fsp3) is 0.333. The van der Waals surface area contributed by atoms with Crippen LogP contribution < -0.4 is 10.2 Å². The number of carbonyl (C=O) groups excluding carboxylic acids is 1. The maximum Gasteiger partial charge on any atom is 0.222 e. The first kappa shape index (κ1) is 21.6. The van der Waals surface area contributed by atoms with Gasteiger partial charge in [-0.2, -0.15) is 10.2 Å². The Labute approximate surface area is 198 Å². The zero-order chi connectivity index (χ0) is 24.1. The minimum Gasteiger partial charge on any atom is -0.356 e. The molecule has 2 fully saturated rings. The Morgan fingerprint density at radius 1 is 1.11 bits per heavy atom. The highest BCUT2D eigenvalue weighted by Gasteiger charge is 2.37. The van der Waals surface area contributed by atoms with E-state index in [1.807, 2.05) is 12.3 Å². The standard InChI is InChI=1S/C24H22F3N7O/c25-15-1-2-20(27)18(6-15)21-7-16(26)12-33(21)24-19-5-13(9-29-23(19)31-32-24)14-10-30-34(11-14)17-3-4-28-22(35)8-17/h1-2,5-6,9-11,16-17,21H,3-4,7-8,12H2,(H,28,35)(H,29,31,32)/t16-,17?,21+/m0/s1. The van der Waals surface area contributed by atoms with E-state index >= 15 is 0 Å². The molecule has 35 heavy (non-hydrogen) atoms. The summed E-state index contributed by atoms with van der Waals surface area (Å²) in [5.74, 6) is -0.727. The van der Waals surface area contributed by atoms with Gasteiger partial charge in [-0.15, -0.1) is 0 Å². The molecule has 3 aromatic heterocycles. The Hall–Kier alpha value is -3.89. The number of benzene rings is 1. The van der Waals surface area contributed by atoms with E-state index in [1.165, 1.54) is 0 Å². The highest BCUT2D eigenvalue weighted by Crippen LogP contribution is 2.40. The monoisotopic (exact) mass is 481 g/mol.